The molecule has 2 heterocycles. The lowest BCUT2D eigenvalue weighted by Crippen LogP contribution is -2.36. The number of hydrogen-bond donors (Lipinski definition) is 1. The maximum absolute atomic E-state index is 12.9. The van der Waals surface area contributed by atoms with Crippen LogP contribution < -0.4 is 10.2 Å². The molecular formula is C23H23N3O2S2. The van der Waals surface area contributed by atoms with Crippen molar-refractivity contribution in [2.24, 2.45) is 0 Å². The Kier molecular flexibility index (Phi) is 6.20. The Morgan fingerprint density at radius 1 is 1.20 bits per heavy atom. The van der Waals surface area contributed by atoms with Gasteiger partial charge >= 0.3 is 0 Å². The van der Waals surface area contributed by atoms with Gasteiger partial charge in [0, 0.05) is 22.8 Å². The summed E-state index contributed by atoms with van der Waals surface area (Å²) in [5.74, 6) is 0.274. The Morgan fingerprint density at radius 2 is 1.97 bits per heavy atom. The number of hydrogen-bond acceptors (Lipinski definition) is 5. The quantitative estimate of drug-likeness (QED) is 0.568. The molecule has 3 aromatic rings. The van der Waals surface area contributed by atoms with Gasteiger partial charge < -0.3 is 10.2 Å². The maximum Gasteiger partial charge on any atom is 0.234 e. The van der Waals surface area contributed by atoms with Crippen LogP contribution in [-0.2, 0) is 22.4 Å². The van der Waals surface area contributed by atoms with Crippen molar-refractivity contribution < 1.29 is 9.59 Å². The highest BCUT2D eigenvalue weighted by Gasteiger charge is 2.30. The normalized spacial score (nSPS) is 15.1. The van der Waals surface area contributed by atoms with Crippen LogP contribution in [0.2, 0.25) is 0 Å². The molecular weight excluding hydrogens is 414 g/mol. The number of fused-ring (bicyclic) bond motifs is 1. The molecule has 154 valence electrons. The zero-order valence-corrected chi connectivity index (χ0v) is 18.6. The highest BCUT2D eigenvalue weighted by molar-refractivity contribution is 8.01. The van der Waals surface area contributed by atoms with E-state index < -0.39 is 0 Å². The Bertz CT molecular complexity index is 1060. The lowest BCUT2D eigenvalue weighted by molar-refractivity contribution is -0.118. The molecule has 1 aromatic heterocycles. The topological polar surface area (TPSA) is 62.3 Å². The summed E-state index contributed by atoms with van der Waals surface area (Å²) in [7, 11) is 0. The average Bonchev–Trinajstić information content (AvgIpc) is 3.31. The van der Waals surface area contributed by atoms with Crippen molar-refractivity contribution >= 4 is 46.3 Å². The van der Waals surface area contributed by atoms with Crippen LogP contribution in [0.5, 0.6) is 0 Å². The van der Waals surface area contributed by atoms with E-state index in [1.54, 1.807) is 0 Å². The number of nitrogens with zero attached hydrogens (tertiary/aromatic N) is 2. The lowest BCUT2D eigenvalue weighted by atomic mass is 10.1. The lowest BCUT2D eigenvalue weighted by Gasteiger charge is -2.22. The Labute approximate surface area is 184 Å². The minimum atomic E-state index is -0.0702. The summed E-state index contributed by atoms with van der Waals surface area (Å²) in [5, 5.41) is 4.79. The largest absolute Gasteiger partial charge is 0.325 e. The Hall–Kier alpha value is -2.64. The average molecular weight is 438 g/mol. The van der Waals surface area contributed by atoms with Crippen molar-refractivity contribution in [2.45, 2.75) is 37.1 Å². The molecule has 0 aliphatic carbocycles. The smallest absolute Gasteiger partial charge is 0.234 e. The van der Waals surface area contributed by atoms with Crippen molar-refractivity contribution in [1.29, 1.82) is 0 Å². The standard InChI is InChI=1S/C23H23N3O2S2/c1-15-7-9-18(10-8-15)24-21(27)14-30-23-25-19(13-29-23)12-22(28)26-16(2)11-17-5-3-4-6-20(17)26/h3-10,13,16H,11-12,14H2,1-2H3,(H,24,27)/t16-/m0/s1. The van der Waals surface area contributed by atoms with E-state index in [-0.39, 0.29) is 30.0 Å². The van der Waals surface area contributed by atoms with Gasteiger partial charge in [-0.25, -0.2) is 4.98 Å². The minimum absolute atomic E-state index is 0.0615. The van der Waals surface area contributed by atoms with Crippen molar-refractivity contribution in [3.05, 3.63) is 70.7 Å². The number of anilines is 2. The van der Waals surface area contributed by atoms with Crippen LogP contribution in [0.1, 0.15) is 23.7 Å². The van der Waals surface area contributed by atoms with Crippen molar-refractivity contribution in [2.75, 3.05) is 16.0 Å². The van der Waals surface area contributed by atoms with Gasteiger partial charge in [-0.3, -0.25) is 9.59 Å². The third-order valence-electron chi connectivity index (χ3n) is 5.00. The zero-order chi connectivity index (χ0) is 21.1. The molecule has 1 atom stereocenters. The predicted molar refractivity (Wildman–Crippen MR) is 123 cm³/mol. The first-order valence-electron chi connectivity index (χ1n) is 9.83. The molecule has 30 heavy (non-hydrogen) atoms. The van der Waals surface area contributed by atoms with Crippen LogP contribution in [0.25, 0.3) is 0 Å². The number of benzene rings is 2. The summed E-state index contributed by atoms with van der Waals surface area (Å²) >= 11 is 2.86. The van der Waals surface area contributed by atoms with Crippen molar-refractivity contribution in [3.8, 4) is 0 Å². The molecule has 1 aliphatic rings. The molecule has 0 unspecified atom stereocenters. The van der Waals surface area contributed by atoms with Crippen LogP contribution in [0.4, 0.5) is 11.4 Å². The van der Waals surface area contributed by atoms with Crippen LogP contribution >= 0.6 is 23.1 Å². The molecule has 1 N–H and O–H groups in total. The first-order chi connectivity index (χ1) is 14.5. The van der Waals surface area contributed by atoms with Crippen LogP contribution in [-0.4, -0.2) is 28.6 Å². The Morgan fingerprint density at radius 3 is 2.77 bits per heavy atom. The maximum atomic E-state index is 12.9. The summed E-state index contributed by atoms with van der Waals surface area (Å²) in [4.78, 5) is 31.5. The van der Waals surface area contributed by atoms with Gasteiger partial charge in [0.1, 0.15) is 0 Å². The van der Waals surface area contributed by atoms with E-state index in [0.29, 0.717) is 0 Å². The summed E-state index contributed by atoms with van der Waals surface area (Å²) < 4.78 is 0.798. The molecule has 0 saturated heterocycles. The molecule has 2 aromatic carbocycles. The second kappa shape index (κ2) is 9.02. The van der Waals surface area contributed by atoms with E-state index in [1.165, 1.54) is 28.7 Å². The summed E-state index contributed by atoms with van der Waals surface area (Å²) in [6.07, 6.45) is 1.15. The SMILES string of the molecule is Cc1ccc(NC(=O)CSc2nc(CC(=O)N3c4ccccc4C[C@@H]3C)cs2)cc1. The second-order valence-corrected chi connectivity index (χ2v) is 9.51. The van der Waals surface area contributed by atoms with Gasteiger partial charge in [-0.05, 0) is 44.0 Å². The van der Waals surface area contributed by atoms with Gasteiger partial charge in [-0.2, -0.15) is 0 Å². The number of para-hydroxylation sites is 1. The van der Waals surface area contributed by atoms with E-state index in [1.807, 2.05) is 59.7 Å². The van der Waals surface area contributed by atoms with Crippen molar-refractivity contribution in [3.63, 3.8) is 0 Å². The van der Waals surface area contributed by atoms with Gasteiger partial charge in [0.25, 0.3) is 0 Å². The van der Waals surface area contributed by atoms with E-state index in [2.05, 4.69) is 23.3 Å². The van der Waals surface area contributed by atoms with Gasteiger partial charge in [0.15, 0.2) is 4.34 Å². The number of carbonyl (C=O) groups excluding carboxylic acids is 2. The summed E-state index contributed by atoms with van der Waals surface area (Å²) in [6, 6.07) is 15.9. The number of aryl methyl sites for hydroxylation is 1. The van der Waals surface area contributed by atoms with Gasteiger partial charge in [0.05, 0.1) is 17.9 Å². The minimum Gasteiger partial charge on any atom is -0.325 e. The number of rotatable bonds is 6. The zero-order valence-electron chi connectivity index (χ0n) is 16.9. The number of carbonyl (C=O) groups is 2. The first-order valence-corrected chi connectivity index (χ1v) is 11.7. The number of nitrogens with one attached hydrogen (secondary N) is 1. The first kappa shape index (κ1) is 20.6. The molecule has 0 bridgehead atoms. The Balaban J connectivity index is 1.31. The molecule has 0 spiro atoms. The molecule has 2 amide bonds. The van der Waals surface area contributed by atoms with Gasteiger partial charge in [-0.1, -0.05) is 47.7 Å². The predicted octanol–water partition coefficient (Wildman–Crippen LogP) is 4.70. The van der Waals surface area contributed by atoms with Gasteiger partial charge in [-0.15, -0.1) is 11.3 Å². The fourth-order valence-corrected chi connectivity index (χ4v) is 5.23. The molecule has 4 rings (SSSR count). The third kappa shape index (κ3) is 4.74. The molecule has 0 radical (unpaired) electrons. The number of thiazole rings is 1. The van der Waals surface area contributed by atoms with E-state index in [4.69, 9.17) is 0 Å². The molecule has 0 saturated carbocycles. The monoisotopic (exact) mass is 437 g/mol. The van der Waals surface area contributed by atoms with Crippen LogP contribution in [0.15, 0.2) is 58.3 Å². The van der Waals surface area contributed by atoms with E-state index in [9.17, 15) is 9.59 Å². The van der Waals surface area contributed by atoms with Crippen LogP contribution in [0, 0.1) is 6.92 Å². The molecule has 7 heteroatoms. The van der Waals surface area contributed by atoms with E-state index in [0.717, 1.165) is 33.4 Å². The van der Waals surface area contributed by atoms with E-state index >= 15 is 0 Å². The fourth-order valence-electron chi connectivity index (χ4n) is 3.58. The van der Waals surface area contributed by atoms with Crippen molar-refractivity contribution in [1.82, 2.24) is 4.98 Å². The molecule has 0 fully saturated rings. The molecule has 1 aliphatic heterocycles. The summed E-state index contributed by atoms with van der Waals surface area (Å²) in [5.41, 5.74) is 4.92. The van der Waals surface area contributed by atoms with Crippen LogP contribution in [0.3, 0.4) is 0 Å². The molecule has 5 nitrogen and oxygen atoms in total. The number of amides is 2. The second-order valence-electron chi connectivity index (χ2n) is 7.43. The summed E-state index contributed by atoms with van der Waals surface area (Å²) in [6.45, 7) is 4.09. The highest BCUT2D eigenvalue weighted by Crippen LogP contribution is 2.32. The van der Waals surface area contributed by atoms with Gasteiger partial charge in [0.2, 0.25) is 11.8 Å². The third-order valence-corrected chi connectivity index (χ3v) is 7.07. The highest BCUT2D eigenvalue weighted by atomic mass is 32.2. The number of thioether (sulfide) groups is 1. The fraction of sp³-hybridized carbons (Fsp3) is 0.261. The number of aromatic nitrogens is 1.